The van der Waals surface area contributed by atoms with Gasteiger partial charge in [-0.15, -0.1) is 24.0 Å². The molecule has 0 radical (unpaired) electrons. The highest BCUT2D eigenvalue weighted by molar-refractivity contribution is 14.0. The van der Waals surface area contributed by atoms with Crippen molar-refractivity contribution in [1.82, 2.24) is 15.5 Å². The second kappa shape index (κ2) is 13.5. The highest BCUT2D eigenvalue weighted by Gasteiger charge is 2.12. The fourth-order valence-electron chi connectivity index (χ4n) is 2.77. The summed E-state index contributed by atoms with van der Waals surface area (Å²) in [5.41, 5.74) is 1.35. The average Bonchev–Trinajstić information content (AvgIpc) is 2.53. The van der Waals surface area contributed by atoms with Crippen molar-refractivity contribution >= 4 is 29.9 Å². The zero-order valence-corrected chi connectivity index (χ0v) is 18.2. The van der Waals surface area contributed by atoms with Gasteiger partial charge in [-0.25, -0.2) is 0 Å². The number of nitrogens with zero attached hydrogens (tertiary/aromatic N) is 2. The predicted molar refractivity (Wildman–Crippen MR) is 117 cm³/mol. The maximum absolute atomic E-state index is 4.29. The first-order valence-electron chi connectivity index (χ1n) is 8.78. The fraction of sp³-hybridized carbons (Fsp3) is 0.632. The first-order chi connectivity index (χ1) is 11.0. The van der Waals surface area contributed by atoms with Gasteiger partial charge in [-0.2, -0.15) is 0 Å². The molecule has 0 fully saturated rings. The summed E-state index contributed by atoms with van der Waals surface area (Å²) in [6, 6.07) is 11.7. The molecule has 1 aromatic carbocycles. The van der Waals surface area contributed by atoms with Gasteiger partial charge in [-0.1, -0.05) is 30.3 Å². The van der Waals surface area contributed by atoms with E-state index in [-0.39, 0.29) is 24.0 Å². The van der Waals surface area contributed by atoms with Crippen molar-refractivity contribution in [3.8, 4) is 0 Å². The Bertz CT molecular complexity index is 438. The second-order valence-corrected chi connectivity index (χ2v) is 6.44. The molecule has 1 rings (SSSR count). The Morgan fingerprint density at radius 3 is 2.12 bits per heavy atom. The SMILES string of the molecule is CN=C(NCCCN(C(C)C)C(C)C)NCCc1ccccc1.I. The molecule has 2 N–H and O–H groups in total. The van der Waals surface area contributed by atoms with Gasteiger partial charge in [0.1, 0.15) is 0 Å². The van der Waals surface area contributed by atoms with Crippen LogP contribution in [0.15, 0.2) is 35.3 Å². The van der Waals surface area contributed by atoms with Gasteiger partial charge in [0, 0.05) is 38.8 Å². The summed E-state index contributed by atoms with van der Waals surface area (Å²) in [7, 11) is 1.83. The number of halogens is 1. The molecule has 0 spiro atoms. The molecular formula is C19H35IN4. The highest BCUT2D eigenvalue weighted by atomic mass is 127. The van der Waals surface area contributed by atoms with Crippen LogP contribution < -0.4 is 10.6 Å². The van der Waals surface area contributed by atoms with Crippen LogP contribution in [-0.2, 0) is 6.42 Å². The van der Waals surface area contributed by atoms with Gasteiger partial charge < -0.3 is 10.6 Å². The van der Waals surface area contributed by atoms with Crippen LogP contribution in [0.1, 0.15) is 39.7 Å². The molecule has 0 aromatic heterocycles. The molecular weight excluding hydrogens is 411 g/mol. The Labute approximate surface area is 165 Å². The molecule has 0 aliphatic rings. The van der Waals surface area contributed by atoms with Crippen molar-refractivity contribution < 1.29 is 0 Å². The van der Waals surface area contributed by atoms with E-state index in [1.54, 1.807) is 0 Å². The van der Waals surface area contributed by atoms with E-state index in [2.05, 4.69) is 78.6 Å². The molecule has 0 unspecified atom stereocenters. The number of rotatable bonds is 9. The zero-order valence-electron chi connectivity index (χ0n) is 15.9. The summed E-state index contributed by atoms with van der Waals surface area (Å²) in [4.78, 5) is 6.81. The van der Waals surface area contributed by atoms with Gasteiger partial charge in [0.05, 0.1) is 0 Å². The summed E-state index contributed by atoms with van der Waals surface area (Å²) in [5.74, 6) is 0.890. The summed E-state index contributed by atoms with van der Waals surface area (Å²) in [6.07, 6.45) is 2.13. The van der Waals surface area contributed by atoms with E-state index in [9.17, 15) is 0 Å². The van der Waals surface area contributed by atoms with E-state index in [0.29, 0.717) is 12.1 Å². The first-order valence-corrected chi connectivity index (χ1v) is 8.78. The minimum absolute atomic E-state index is 0. The standard InChI is InChI=1S/C19H34N4.HI/c1-16(2)23(17(3)4)15-9-13-21-19(20-5)22-14-12-18-10-7-6-8-11-18;/h6-8,10-11,16-17H,9,12-15H2,1-5H3,(H2,20,21,22);1H. The Morgan fingerprint density at radius 1 is 1.00 bits per heavy atom. The van der Waals surface area contributed by atoms with E-state index in [4.69, 9.17) is 0 Å². The lowest BCUT2D eigenvalue weighted by Crippen LogP contribution is -2.41. The van der Waals surface area contributed by atoms with Crippen molar-refractivity contribution in [3.05, 3.63) is 35.9 Å². The van der Waals surface area contributed by atoms with E-state index < -0.39 is 0 Å². The minimum Gasteiger partial charge on any atom is -0.356 e. The Kier molecular flexibility index (Phi) is 13.0. The van der Waals surface area contributed by atoms with Crippen LogP contribution in [0.4, 0.5) is 0 Å². The molecule has 0 saturated heterocycles. The third-order valence-corrected chi connectivity index (χ3v) is 3.98. The number of benzene rings is 1. The average molecular weight is 446 g/mol. The maximum Gasteiger partial charge on any atom is 0.190 e. The molecule has 0 heterocycles. The number of aliphatic imine (C=N–C) groups is 1. The molecule has 5 heteroatoms. The summed E-state index contributed by atoms with van der Waals surface area (Å²) >= 11 is 0. The lowest BCUT2D eigenvalue weighted by molar-refractivity contribution is 0.173. The Hall–Kier alpha value is -0.820. The predicted octanol–water partition coefficient (Wildman–Crippen LogP) is 3.52. The number of hydrogen-bond acceptors (Lipinski definition) is 2. The summed E-state index contributed by atoms with van der Waals surface area (Å²) in [5, 5.41) is 6.78. The van der Waals surface area contributed by atoms with Gasteiger partial charge in [0.15, 0.2) is 5.96 Å². The van der Waals surface area contributed by atoms with Crippen molar-refractivity contribution in [3.63, 3.8) is 0 Å². The lowest BCUT2D eigenvalue weighted by Gasteiger charge is -2.30. The van der Waals surface area contributed by atoms with Crippen LogP contribution in [0.3, 0.4) is 0 Å². The maximum atomic E-state index is 4.29. The smallest absolute Gasteiger partial charge is 0.190 e. The third-order valence-electron chi connectivity index (χ3n) is 3.98. The first kappa shape index (κ1) is 23.2. The van der Waals surface area contributed by atoms with Crippen molar-refractivity contribution in [2.45, 2.75) is 52.6 Å². The van der Waals surface area contributed by atoms with Gasteiger partial charge in [-0.05, 0) is 46.1 Å². The van der Waals surface area contributed by atoms with Crippen LogP contribution in [0.25, 0.3) is 0 Å². The van der Waals surface area contributed by atoms with Crippen LogP contribution in [-0.4, -0.2) is 49.6 Å². The molecule has 24 heavy (non-hydrogen) atoms. The highest BCUT2D eigenvalue weighted by Crippen LogP contribution is 2.05. The van der Waals surface area contributed by atoms with Gasteiger partial charge >= 0.3 is 0 Å². The van der Waals surface area contributed by atoms with Crippen molar-refractivity contribution in [1.29, 1.82) is 0 Å². The van der Waals surface area contributed by atoms with Crippen LogP contribution in [0, 0.1) is 0 Å². The topological polar surface area (TPSA) is 39.7 Å². The molecule has 0 amide bonds. The minimum atomic E-state index is 0. The van der Waals surface area contributed by atoms with Gasteiger partial charge in [0.25, 0.3) is 0 Å². The largest absolute Gasteiger partial charge is 0.356 e. The van der Waals surface area contributed by atoms with Crippen molar-refractivity contribution in [2.75, 3.05) is 26.7 Å². The number of guanidine groups is 1. The normalized spacial score (nSPS) is 11.8. The lowest BCUT2D eigenvalue weighted by atomic mass is 10.1. The van der Waals surface area contributed by atoms with E-state index in [1.807, 2.05) is 7.05 Å². The zero-order chi connectivity index (χ0) is 17.1. The van der Waals surface area contributed by atoms with Crippen LogP contribution in [0.5, 0.6) is 0 Å². The van der Waals surface area contributed by atoms with Crippen LogP contribution >= 0.6 is 24.0 Å². The molecule has 0 bridgehead atoms. The van der Waals surface area contributed by atoms with E-state index in [1.165, 1.54) is 5.56 Å². The number of nitrogens with one attached hydrogen (secondary N) is 2. The monoisotopic (exact) mass is 446 g/mol. The summed E-state index contributed by atoms with van der Waals surface area (Å²) < 4.78 is 0. The van der Waals surface area contributed by atoms with Crippen molar-refractivity contribution in [2.24, 2.45) is 4.99 Å². The molecule has 0 aliphatic heterocycles. The fourth-order valence-corrected chi connectivity index (χ4v) is 2.77. The van der Waals surface area contributed by atoms with E-state index in [0.717, 1.165) is 38.4 Å². The third kappa shape index (κ3) is 9.47. The van der Waals surface area contributed by atoms with Gasteiger partial charge in [0.2, 0.25) is 0 Å². The Balaban J connectivity index is 0.00000529. The Morgan fingerprint density at radius 2 is 1.58 bits per heavy atom. The molecule has 1 aromatic rings. The molecule has 0 aliphatic carbocycles. The van der Waals surface area contributed by atoms with Crippen LogP contribution in [0.2, 0.25) is 0 Å². The number of hydrogen-bond donors (Lipinski definition) is 2. The van der Waals surface area contributed by atoms with E-state index >= 15 is 0 Å². The molecule has 0 saturated carbocycles. The quantitative estimate of drug-likeness (QED) is 0.264. The molecule has 0 atom stereocenters. The van der Waals surface area contributed by atoms with Gasteiger partial charge in [-0.3, -0.25) is 9.89 Å². The molecule has 4 nitrogen and oxygen atoms in total. The second-order valence-electron chi connectivity index (χ2n) is 6.44. The molecule has 138 valence electrons. The summed E-state index contributed by atoms with van der Waals surface area (Å²) in [6.45, 7) is 12.0.